The first-order valence-electron chi connectivity index (χ1n) is 7.27. The highest BCUT2D eigenvalue weighted by molar-refractivity contribution is 7.92. The fraction of sp³-hybridized carbons (Fsp3) is 0.500. The quantitative estimate of drug-likeness (QED) is 0.762. The summed E-state index contributed by atoms with van der Waals surface area (Å²) < 4.78 is 63.4. The number of alkyl halides is 3. The highest BCUT2D eigenvalue weighted by Gasteiger charge is 2.32. The summed E-state index contributed by atoms with van der Waals surface area (Å²) in [6, 6.07) is 2.46. The zero-order valence-electron chi connectivity index (χ0n) is 12.9. The van der Waals surface area contributed by atoms with E-state index < -0.39 is 27.7 Å². The molecular formula is C14H18F3N3O3S. The zero-order valence-corrected chi connectivity index (χ0v) is 13.7. The Kier molecular flexibility index (Phi) is 5.38. The second-order valence-electron chi connectivity index (χ2n) is 5.66. The SMILES string of the molecule is CS(=O)(=O)Nc1ccc(C(F)(F)F)cc1NC(=O)C1CCCNC1. The van der Waals surface area contributed by atoms with Gasteiger partial charge in [-0.1, -0.05) is 0 Å². The van der Waals surface area contributed by atoms with Gasteiger partial charge in [-0.3, -0.25) is 9.52 Å². The fourth-order valence-corrected chi connectivity index (χ4v) is 3.00. The maximum atomic E-state index is 12.9. The maximum absolute atomic E-state index is 12.9. The molecule has 1 aliphatic rings. The number of benzene rings is 1. The van der Waals surface area contributed by atoms with Crippen LogP contribution in [-0.4, -0.2) is 33.7 Å². The predicted molar refractivity (Wildman–Crippen MR) is 84.1 cm³/mol. The lowest BCUT2D eigenvalue weighted by Crippen LogP contribution is -2.37. The number of carbonyl (C=O) groups is 1. The number of anilines is 2. The van der Waals surface area contributed by atoms with E-state index in [1.807, 2.05) is 0 Å². The molecule has 1 heterocycles. The standard InChI is InChI=1S/C14H18F3N3O3S/c1-24(22,23)20-11-5-4-10(14(15,16)17)7-12(11)19-13(21)9-3-2-6-18-8-9/h4-5,7,9,18,20H,2-3,6,8H2,1H3,(H,19,21). The van der Waals surface area contributed by atoms with Gasteiger partial charge in [0.05, 0.1) is 29.1 Å². The van der Waals surface area contributed by atoms with E-state index in [-0.39, 0.29) is 17.3 Å². The van der Waals surface area contributed by atoms with E-state index in [1.54, 1.807) is 0 Å². The van der Waals surface area contributed by atoms with Gasteiger partial charge in [-0.25, -0.2) is 8.42 Å². The number of piperidine rings is 1. The zero-order chi connectivity index (χ0) is 18.0. The number of carbonyl (C=O) groups excluding carboxylic acids is 1. The van der Waals surface area contributed by atoms with Crippen molar-refractivity contribution >= 4 is 27.3 Å². The number of rotatable bonds is 4. The lowest BCUT2D eigenvalue weighted by Gasteiger charge is -2.23. The Morgan fingerprint density at radius 1 is 1.29 bits per heavy atom. The molecule has 10 heteroatoms. The van der Waals surface area contributed by atoms with Crippen molar-refractivity contribution in [3.63, 3.8) is 0 Å². The van der Waals surface area contributed by atoms with Gasteiger partial charge in [0.1, 0.15) is 0 Å². The summed E-state index contributed by atoms with van der Waals surface area (Å²) in [6.07, 6.45) is -2.32. The molecule has 2 rings (SSSR count). The van der Waals surface area contributed by atoms with Crippen LogP contribution in [0, 0.1) is 5.92 Å². The largest absolute Gasteiger partial charge is 0.416 e. The molecule has 0 aliphatic carbocycles. The van der Waals surface area contributed by atoms with E-state index in [0.717, 1.165) is 37.4 Å². The Morgan fingerprint density at radius 2 is 2.00 bits per heavy atom. The Labute approximate surface area is 137 Å². The summed E-state index contributed by atoms with van der Waals surface area (Å²) in [5.74, 6) is -0.822. The normalized spacial score (nSPS) is 18.9. The number of hydrogen-bond acceptors (Lipinski definition) is 4. The van der Waals surface area contributed by atoms with Crippen LogP contribution in [0.1, 0.15) is 18.4 Å². The van der Waals surface area contributed by atoms with Crippen LogP contribution in [0.5, 0.6) is 0 Å². The van der Waals surface area contributed by atoms with Crippen molar-refractivity contribution in [3.8, 4) is 0 Å². The third-order valence-electron chi connectivity index (χ3n) is 3.57. The molecule has 1 saturated heterocycles. The van der Waals surface area contributed by atoms with Gasteiger partial charge in [-0.15, -0.1) is 0 Å². The minimum atomic E-state index is -4.60. The Hall–Kier alpha value is -1.81. The molecule has 0 bridgehead atoms. The third-order valence-corrected chi connectivity index (χ3v) is 4.16. The predicted octanol–water partition coefficient (Wildman–Crippen LogP) is 2.01. The first-order valence-corrected chi connectivity index (χ1v) is 9.16. The van der Waals surface area contributed by atoms with Crippen LogP contribution in [0.3, 0.4) is 0 Å². The molecule has 1 aromatic carbocycles. The molecule has 1 aliphatic heterocycles. The maximum Gasteiger partial charge on any atom is 0.416 e. The van der Waals surface area contributed by atoms with Crippen molar-refractivity contribution in [1.82, 2.24) is 5.32 Å². The first kappa shape index (κ1) is 18.5. The lowest BCUT2D eigenvalue weighted by atomic mass is 9.98. The molecular weight excluding hydrogens is 347 g/mol. The molecule has 1 fully saturated rings. The summed E-state index contributed by atoms with van der Waals surface area (Å²) in [5.41, 5.74) is -1.30. The van der Waals surface area contributed by atoms with E-state index in [1.165, 1.54) is 0 Å². The summed E-state index contributed by atoms with van der Waals surface area (Å²) >= 11 is 0. The highest BCUT2D eigenvalue weighted by Crippen LogP contribution is 2.34. The number of amides is 1. The van der Waals surface area contributed by atoms with Crippen molar-refractivity contribution in [3.05, 3.63) is 23.8 Å². The summed E-state index contributed by atoms with van der Waals surface area (Å²) in [7, 11) is -3.70. The average molecular weight is 365 g/mol. The molecule has 24 heavy (non-hydrogen) atoms. The van der Waals surface area contributed by atoms with Crippen LogP contribution in [0.4, 0.5) is 24.5 Å². The minimum Gasteiger partial charge on any atom is -0.324 e. The number of halogens is 3. The third kappa shape index (κ3) is 5.10. The second kappa shape index (κ2) is 6.98. The first-order chi connectivity index (χ1) is 11.1. The average Bonchev–Trinajstić information content (AvgIpc) is 2.47. The fourth-order valence-electron chi connectivity index (χ4n) is 2.42. The van der Waals surface area contributed by atoms with E-state index >= 15 is 0 Å². The van der Waals surface area contributed by atoms with Crippen LogP contribution in [0.25, 0.3) is 0 Å². The Morgan fingerprint density at radius 3 is 2.54 bits per heavy atom. The van der Waals surface area contributed by atoms with Crippen LogP contribution in [-0.2, 0) is 21.0 Å². The summed E-state index contributed by atoms with van der Waals surface area (Å²) in [6.45, 7) is 1.22. The molecule has 0 saturated carbocycles. The topological polar surface area (TPSA) is 87.3 Å². The summed E-state index contributed by atoms with van der Waals surface area (Å²) in [4.78, 5) is 12.2. The van der Waals surface area contributed by atoms with Crippen LogP contribution in [0.15, 0.2) is 18.2 Å². The molecule has 1 atom stereocenters. The monoisotopic (exact) mass is 365 g/mol. The molecule has 134 valence electrons. The molecule has 0 aromatic heterocycles. The van der Waals surface area contributed by atoms with Gasteiger partial charge < -0.3 is 10.6 Å². The van der Waals surface area contributed by atoms with Gasteiger partial charge in [0.2, 0.25) is 15.9 Å². The van der Waals surface area contributed by atoms with Gasteiger partial charge >= 0.3 is 6.18 Å². The Bertz CT molecular complexity index is 714. The molecule has 0 radical (unpaired) electrons. The van der Waals surface area contributed by atoms with Gasteiger partial charge in [-0.05, 0) is 37.6 Å². The molecule has 1 amide bonds. The van der Waals surface area contributed by atoms with Crippen molar-refractivity contribution in [2.24, 2.45) is 5.92 Å². The van der Waals surface area contributed by atoms with E-state index in [4.69, 9.17) is 0 Å². The van der Waals surface area contributed by atoms with Gasteiger partial charge in [0, 0.05) is 6.54 Å². The van der Waals surface area contributed by atoms with Crippen molar-refractivity contribution < 1.29 is 26.4 Å². The smallest absolute Gasteiger partial charge is 0.324 e. The van der Waals surface area contributed by atoms with Gasteiger partial charge in [0.25, 0.3) is 0 Å². The molecule has 6 nitrogen and oxygen atoms in total. The van der Waals surface area contributed by atoms with Crippen LogP contribution < -0.4 is 15.4 Å². The molecule has 0 spiro atoms. The number of nitrogens with one attached hydrogen (secondary N) is 3. The lowest BCUT2D eigenvalue weighted by molar-refractivity contribution is -0.137. The summed E-state index contributed by atoms with van der Waals surface area (Å²) in [5, 5.41) is 5.45. The highest BCUT2D eigenvalue weighted by atomic mass is 32.2. The second-order valence-corrected chi connectivity index (χ2v) is 7.41. The van der Waals surface area contributed by atoms with Crippen molar-refractivity contribution in [2.45, 2.75) is 19.0 Å². The van der Waals surface area contributed by atoms with Crippen molar-refractivity contribution in [2.75, 3.05) is 29.4 Å². The molecule has 1 aromatic rings. The number of sulfonamides is 1. The molecule has 3 N–H and O–H groups in total. The van der Waals surface area contributed by atoms with E-state index in [9.17, 15) is 26.4 Å². The minimum absolute atomic E-state index is 0.109. The van der Waals surface area contributed by atoms with Gasteiger partial charge in [-0.2, -0.15) is 13.2 Å². The van der Waals surface area contributed by atoms with Crippen LogP contribution in [0.2, 0.25) is 0 Å². The van der Waals surface area contributed by atoms with E-state index in [2.05, 4.69) is 15.4 Å². The van der Waals surface area contributed by atoms with Crippen molar-refractivity contribution in [1.29, 1.82) is 0 Å². The van der Waals surface area contributed by atoms with Gasteiger partial charge in [0.15, 0.2) is 0 Å². The van der Waals surface area contributed by atoms with E-state index in [0.29, 0.717) is 13.0 Å². The Balaban J connectivity index is 2.30. The number of hydrogen-bond donors (Lipinski definition) is 3. The molecule has 1 unspecified atom stereocenters. The van der Waals surface area contributed by atoms with Crippen LogP contribution >= 0.6 is 0 Å².